The second kappa shape index (κ2) is 7.72. The molecule has 0 amide bonds. The molecule has 0 heterocycles. The normalized spacial score (nSPS) is 10.8. The molecule has 100 valence electrons. The van der Waals surface area contributed by atoms with Crippen LogP contribution in [0.3, 0.4) is 0 Å². The third kappa shape index (κ3) is 4.92. The number of methoxy groups -OCH3 is 1. The number of hydrogen-bond donors (Lipinski definition) is 2. The van der Waals surface area contributed by atoms with Gasteiger partial charge in [0.25, 0.3) is 0 Å². The fraction of sp³-hybridized carbons (Fsp3) is 0.538. The topological polar surface area (TPSA) is 49.7 Å². The number of ether oxygens (including phenoxy) is 1. The predicted molar refractivity (Wildman–Crippen MR) is 78.4 cm³/mol. The fourth-order valence-electron chi connectivity index (χ4n) is 1.57. The lowest BCUT2D eigenvalue weighted by molar-refractivity contribution is 0.410. The van der Waals surface area contributed by atoms with Crippen LogP contribution >= 0.6 is 11.8 Å². The minimum atomic E-state index is -1.42. The highest BCUT2D eigenvalue weighted by molar-refractivity contribution is 7.98. The maximum Gasteiger partial charge on any atom is 0.488 e. The molecule has 0 unspecified atom stereocenters. The number of hydrogen-bond acceptors (Lipinski definition) is 4. The van der Waals surface area contributed by atoms with Crippen molar-refractivity contribution in [1.29, 1.82) is 0 Å². The molecule has 0 saturated heterocycles. The lowest BCUT2D eigenvalue weighted by Crippen LogP contribution is -2.30. The molecule has 18 heavy (non-hydrogen) atoms. The molecule has 1 rings (SSSR count). The van der Waals surface area contributed by atoms with Crippen LogP contribution in [-0.2, 0) is 5.75 Å². The Balaban J connectivity index is 2.63. The van der Waals surface area contributed by atoms with Gasteiger partial charge in [-0.15, -0.1) is 0 Å². The molecular formula is C13H21BO3S. The summed E-state index contributed by atoms with van der Waals surface area (Å²) in [4.78, 5) is 0. The van der Waals surface area contributed by atoms with Crippen molar-refractivity contribution in [2.24, 2.45) is 5.92 Å². The summed E-state index contributed by atoms with van der Waals surface area (Å²) in [5.41, 5.74) is 1.52. The SMILES string of the molecule is COc1ccc(B(O)O)cc1CSCCC(C)C. The van der Waals surface area contributed by atoms with E-state index in [0.29, 0.717) is 11.4 Å². The molecule has 1 aromatic rings. The summed E-state index contributed by atoms with van der Waals surface area (Å²) >= 11 is 1.84. The summed E-state index contributed by atoms with van der Waals surface area (Å²) in [5, 5.41) is 18.3. The monoisotopic (exact) mass is 268 g/mol. The van der Waals surface area contributed by atoms with E-state index in [4.69, 9.17) is 14.8 Å². The summed E-state index contributed by atoms with van der Waals surface area (Å²) < 4.78 is 5.28. The summed E-state index contributed by atoms with van der Waals surface area (Å²) in [6, 6.07) is 5.25. The largest absolute Gasteiger partial charge is 0.496 e. The average Bonchev–Trinajstić information content (AvgIpc) is 2.34. The molecule has 0 atom stereocenters. The molecule has 5 heteroatoms. The van der Waals surface area contributed by atoms with Gasteiger partial charge >= 0.3 is 7.12 Å². The Hall–Kier alpha value is -0.645. The lowest BCUT2D eigenvalue weighted by Gasteiger charge is -2.11. The van der Waals surface area contributed by atoms with Gasteiger partial charge in [0.05, 0.1) is 7.11 Å². The van der Waals surface area contributed by atoms with Crippen LogP contribution in [0.2, 0.25) is 0 Å². The third-order valence-corrected chi connectivity index (χ3v) is 3.74. The standard InChI is InChI=1S/C13H21BO3S/c1-10(2)6-7-18-9-11-8-12(14(15)16)4-5-13(11)17-3/h4-5,8,10,15-16H,6-7,9H2,1-3H3. The number of thioether (sulfide) groups is 1. The molecule has 0 aliphatic rings. The van der Waals surface area contributed by atoms with Crippen molar-refractivity contribution in [2.45, 2.75) is 26.0 Å². The molecule has 0 aliphatic carbocycles. The van der Waals surface area contributed by atoms with Crippen molar-refractivity contribution < 1.29 is 14.8 Å². The molecule has 0 aliphatic heterocycles. The molecular weight excluding hydrogens is 247 g/mol. The molecule has 0 saturated carbocycles. The Morgan fingerprint density at radius 1 is 1.33 bits per heavy atom. The van der Waals surface area contributed by atoms with E-state index in [1.54, 1.807) is 25.3 Å². The van der Waals surface area contributed by atoms with Gasteiger partial charge in [-0.05, 0) is 29.6 Å². The van der Waals surface area contributed by atoms with Gasteiger partial charge in [0, 0.05) is 11.3 Å². The second-order valence-corrected chi connectivity index (χ2v) is 5.79. The molecule has 0 bridgehead atoms. The molecule has 0 spiro atoms. The minimum absolute atomic E-state index is 0.509. The highest BCUT2D eigenvalue weighted by atomic mass is 32.2. The van der Waals surface area contributed by atoms with E-state index in [2.05, 4.69) is 13.8 Å². The average molecular weight is 268 g/mol. The molecule has 0 radical (unpaired) electrons. The van der Waals surface area contributed by atoms with E-state index in [9.17, 15) is 0 Å². The van der Waals surface area contributed by atoms with Gasteiger partial charge in [-0.2, -0.15) is 11.8 Å². The summed E-state index contributed by atoms with van der Waals surface area (Å²) in [7, 11) is 0.211. The van der Waals surface area contributed by atoms with Crippen LogP contribution in [0.1, 0.15) is 25.8 Å². The number of rotatable bonds is 7. The van der Waals surface area contributed by atoms with Crippen molar-refractivity contribution in [3.63, 3.8) is 0 Å². The van der Waals surface area contributed by atoms with E-state index >= 15 is 0 Å². The third-order valence-electron chi connectivity index (χ3n) is 2.70. The van der Waals surface area contributed by atoms with Crippen molar-refractivity contribution in [3.8, 4) is 5.75 Å². The Labute approximate surface area is 114 Å². The van der Waals surface area contributed by atoms with Crippen LogP contribution in [0.4, 0.5) is 0 Å². The van der Waals surface area contributed by atoms with Crippen LogP contribution in [0.5, 0.6) is 5.75 Å². The first-order chi connectivity index (χ1) is 8.54. The Bertz CT molecular complexity index is 369. The Kier molecular flexibility index (Phi) is 6.61. The van der Waals surface area contributed by atoms with Gasteiger partial charge in [0.2, 0.25) is 0 Å². The summed E-state index contributed by atoms with van der Waals surface area (Å²) in [6.45, 7) is 4.42. The molecule has 3 nitrogen and oxygen atoms in total. The Morgan fingerprint density at radius 3 is 2.61 bits per heavy atom. The first kappa shape index (κ1) is 15.4. The first-order valence-electron chi connectivity index (χ1n) is 6.15. The van der Waals surface area contributed by atoms with Crippen LogP contribution in [0.25, 0.3) is 0 Å². The van der Waals surface area contributed by atoms with E-state index in [-0.39, 0.29) is 0 Å². The van der Waals surface area contributed by atoms with Crippen LogP contribution in [-0.4, -0.2) is 30.0 Å². The fourth-order valence-corrected chi connectivity index (χ4v) is 2.80. The summed E-state index contributed by atoms with van der Waals surface area (Å²) in [5.74, 6) is 3.45. The zero-order valence-electron chi connectivity index (χ0n) is 11.2. The maximum absolute atomic E-state index is 9.16. The van der Waals surface area contributed by atoms with Crippen LogP contribution in [0.15, 0.2) is 18.2 Å². The summed E-state index contributed by atoms with van der Waals surface area (Å²) in [6.07, 6.45) is 1.19. The van der Waals surface area contributed by atoms with Gasteiger partial charge in [0.15, 0.2) is 0 Å². The van der Waals surface area contributed by atoms with Gasteiger partial charge in [0.1, 0.15) is 5.75 Å². The molecule has 0 aromatic heterocycles. The molecule has 1 aromatic carbocycles. The zero-order valence-corrected chi connectivity index (χ0v) is 12.0. The van der Waals surface area contributed by atoms with Crippen molar-refractivity contribution in [1.82, 2.24) is 0 Å². The minimum Gasteiger partial charge on any atom is -0.496 e. The van der Waals surface area contributed by atoms with Gasteiger partial charge < -0.3 is 14.8 Å². The van der Waals surface area contributed by atoms with Crippen molar-refractivity contribution in [2.75, 3.05) is 12.9 Å². The predicted octanol–water partition coefficient (Wildman–Crippen LogP) is 1.65. The smallest absolute Gasteiger partial charge is 0.488 e. The van der Waals surface area contributed by atoms with Gasteiger partial charge in [-0.1, -0.05) is 26.0 Å². The van der Waals surface area contributed by atoms with Crippen molar-refractivity contribution in [3.05, 3.63) is 23.8 Å². The van der Waals surface area contributed by atoms with E-state index in [1.165, 1.54) is 6.42 Å². The first-order valence-corrected chi connectivity index (χ1v) is 7.30. The van der Waals surface area contributed by atoms with E-state index in [1.807, 2.05) is 11.8 Å². The second-order valence-electron chi connectivity index (χ2n) is 4.68. The van der Waals surface area contributed by atoms with E-state index < -0.39 is 7.12 Å². The van der Waals surface area contributed by atoms with Gasteiger partial charge in [-0.3, -0.25) is 0 Å². The van der Waals surface area contributed by atoms with Crippen LogP contribution < -0.4 is 10.2 Å². The molecule has 0 fully saturated rings. The van der Waals surface area contributed by atoms with Crippen LogP contribution in [0, 0.1) is 5.92 Å². The quantitative estimate of drug-likeness (QED) is 0.583. The van der Waals surface area contributed by atoms with Crippen molar-refractivity contribution >= 4 is 24.3 Å². The van der Waals surface area contributed by atoms with Gasteiger partial charge in [-0.25, -0.2) is 0 Å². The van der Waals surface area contributed by atoms with E-state index in [0.717, 1.165) is 22.8 Å². The highest BCUT2D eigenvalue weighted by Gasteiger charge is 2.13. The lowest BCUT2D eigenvalue weighted by atomic mass is 9.79. The number of benzene rings is 1. The zero-order chi connectivity index (χ0) is 13.5. The highest BCUT2D eigenvalue weighted by Crippen LogP contribution is 2.23. The molecule has 2 N–H and O–H groups in total. The Morgan fingerprint density at radius 2 is 2.06 bits per heavy atom. The maximum atomic E-state index is 9.16.